The number of hydrogen-bond acceptors (Lipinski definition) is 5. The topological polar surface area (TPSA) is 63.0 Å². The molecule has 1 unspecified atom stereocenters. The highest BCUT2D eigenvalue weighted by atomic mass is 16.4. The van der Waals surface area contributed by atoms with Gasteiger partial charge >= 0.3 is 6.01 Å². The van der Waals surface area contributed by atoms with Gasteiger partial charge in [-0.15, -0.1) is 5.10 Å². The first-order chi connectivity index (χ1) is 8.79. The summed E-state index contributed by atoms with van der Waals surface area (Å²) in [7, 11) is 1.88. The number of nitrogens with one attached hydrogen (secondary N) is 2. The number of hydrogen-bond donors (Lipinski definition) is 2. The second-order valence-corrected chi connectivity index (χ2v) is 5.18. The van der Waals surface area contributed by atoms with Crippen LogP contribution in [0.15, 0.2) is 4.42 Å². The Bertz CT molecular complexity index is 347. The van der Waals surface area contributed by atoms with Crippen LogP contribution in [0.3, 0.4) is 0 Å². The van der Waals surface area contributed by atoms with Crippen molar-refractivity contribution in [2.24, 2.45) is 5.92 Å². The van der Waals surface area contributed by atoms with Gasteiger partial charge in [0.1, 0.15) is 0 Å². The van der Waals surface area contributed by atoms with Gasteiger partial charge in [-0.3, -0.25) is 0 Å². The van der Waals surface area contributed by atoms with Gasteiger partial charge in [-0.05, 0) is 26.3 Å². The maximum Gasteiger partial charge on any atom is 0.315 e. The Morgan fingerprint density at radius 2 is 2.06 bits per heavy atom. The van der Waals surface area contributed by atoms with Crippen LogP contribution in [0.5, 0.6) is 0 Å². The monoisotopic (exact) mass is 252 g/mol. The van der Waals surface area contributed by atoms with Crippen molar-refractivity contribution in [2.45, 2.75) is 51.5 Å². The first kappa shape index (κ1) is 13.3. The molecule has 1 atom stereocenters. The molecule has 102 valence electrons. The first-order valence-corrected chi connectivity index (χ1v) is 7.04. The Labute approximate surface area is 109 Å². The van der Waals surface area contributed by atoms with Crippen molar-refractivity contribution in [1.29, 1.82) is 0 Å². The summed E-state index contributed by atoms with van der Waals surface area (Å²) in [5.74, 6) is 1.52. The lowest BCUT2D eigenvalue weighted by Crippen LogP contribution is -2.12. The Hall–Kier alpha value is -1.10. The fourth-order valence-corrected chi connectivity index (χ4v) is 2.46. The highest BCUT2D eigenvalue weighted by Crippen LogP contribution is 2.26. The quantitative estimate of drug-likeness (QED) is 0.815. The van der Waals surface area contributed by atoms with Crippen LogP contribution in [0.4, 0.5) is 6.01 Å². The van der Waals surface area contributed by atoms with E-state index in [1.54, 1.807) is 0 Å². The van der Waals surface area contributed by atoms with Crippen LogP contribution in [0, 0.1) is 5.92 Å². The minimum Gasteiger partial charge on any atom is -0.406 e. The Morgan fingerprint density at radius 1 is 1.28 bits per heavy atom. The predicted octanol–water partition coefficient (Wildman–Crippen LogP) is 2.73. The zero-order valence-corrected chi connectivity index (χ0v) is 11.4. The fourth-order valence-electron chi connectivity index (χ4n) is 2.46. The van der Waals surface area contributed by atoms with Crippen molar-refractivity contribution in [2.75, 3.05) is 18.9 Å². The molecule has 1 aromatic rings. The van der Waals surface area contributed by atoms with E-state index in [2.05, 4.69) is 20.8 Å². The van der Waals surface area contributed by atoms with Crippen LogP contribution >= 0.6 is 0 Å². The van der Waals surface area contributed by atoms with Crippen LogP contribution < -0.4 is 10.6 Å². The van der Waals surface area contributed by atoms with E-state index in [1.807, 2.05) is 14.0 Å². The normalized spacial score (nSPS) is 18.8. The molecule has 0 aliphatic heterocycles. The lowest BCUT2D eigenvalue weighted by atomic mass is 9.87. The van der Waals surface area contributed by atoms with Gasteiger partial charge in [0.2, 0.25) is 5.89 Å². The smallest absolute Gasteiger partial charge is 0.315 e. The second-order valence-electron chi connectivity index (χ2n) is 5.18. The van der Waals surface area contributed by atoms with Gasteiger partial charge in [-0.25, -0.2) is 0 Å². The highest BCUT2D eigenvalue weighted by molar-refractivity contribution is 5.16. The average molecular weight is 252 g/mol. The molecule has 1 aliphatic carbocycles. The third-order valence-electron chi connectivity index (χ3n) is 3.80. The Balaban J connectivity index is 1.71. The largest absolute Gasteiger partial charge is 0.406 e. The number of nitrogens with zero attached hydrogens (tertiary/aromatic N) is 2. The Kier molecular flexibility index (Phi) is 4.99. The molecular weight excluding hydrogens is 228 g/mol. The molecule has 0 aromatic carbocycles. The van der Waals surface area contributed by atoms with Crippen LogP contribution in [-0.4, -0.2) is 23.8 Å². The van der Waals surface area contributed by atoms with E-state index in [-0.39, 0.29) is 6.04 Å². The molecule has 5 heteroatoms. The summed E-state index contributed by atoms with van der Waals surface area (Å²) in [4.78, 5) is 0. The molecule has 2 N–H and O–H groups in total. The summed E-state index contributed by atoms with van der Waals surface area (Å²) in [5.41, 5.74) is 0. The van der Waals surface area contributed by atoms with E-state index in [0.29, 0.717) is 11.9 Å². The first-order valence-electron chi connectivity index (χ1n) is 7.04. The highest BCUT2D eigenvalue weighted by Gasteiger charge is 2.14. The van der Waals surface area contributed by atoms with E-state index in [4.69, 9.17) is 4.42 Å². The van der Waals surface area contributed by atoms with Crippen molar-refractivity contribution >= 4 is 6.01 Å². The number of anilines is 1. The molecule has 0 bridgehead atoms. The summed E-state index contributed by atoms with van der Waals surface area (Å²) in [6, 6.07) is 0.648. The zero-order valence-electron chi connectivity index (χ0n) is 11.4. The molecule has 1 fully saturated rings. The number of rotatable bonds is 6. The van der Waals surface area contributed by atoms with E-state index >= 15 is 0 Å². The molecule has 0 radical (unpaired) electrons. The molecule has 1 aliphatic rings. The predicted molar refractivity (Wildman–Crippen MR) is 71.5 cm³/mol. The molecule has 1 heterocycles. The lowest BCUT2D eigenvalue weighted by molar-refractivity contribution is 0.344. The van der Waals surface area contributed by atoms with E-state index in [9.17, 15) is 0 Å². The fraction of sp³-hybridized carbons (Fsp3) is 0.846. The zero-order chi connectivity index (χ0) is 12.8. The minimum absolute atomic E-state index is 0.103. The van der Waals surface area contributed by atoms with Crippen LogP contribution in [0.2, 0.25) is 0 Å². The summed E-state index contributed by atoms with van der Waals surface area (Å²) in [6.07, 6.45) is 8.18. The summed E-state index contributed by atoms with van der Waals surface area (Å²) < 4.78 is 5.53. The lowest BCUT2D eigenvalue weighted by Gasteiger charge is -2.21. The third kappa shape index (κ3) is 3.70. The summed E-state index contributed by atoms with van der Waals surface area (Å²) in [6.45, 7) is 2.93. The molecule has 0 spiro atoms. The molecule has 0 amide bonds. The molecule has 1 saturated carbocycles. The van der Waals surface area contributed by atoms with Gasteiger partial charge in [-0.1, -0.05) is 37.2 Å². The summed E-state index contributed by atoms with van der Waals surface area (Å²) >= 11 is 0. The van der Waals surface area contributed by atoms with E-state index in [0.717, 1.165) is 12.5 Å². The summed E-state index contributed by atoms with van der Waals surface area (Å²) in [5, 5.41) is 14.3. The molecule has 1 aromatic heterocycles. The molecule has 18 heavy (non-hydrogen) atoms. The minimum atomic E-state index is 0.103. The third-order valence-corrected chi connectivity index (χ3v) is 3.80. The van der Waals surface area contributed by atoms with Crippen molar-refractivity contribution in [3.63, 3.8) is 0 Å². The Morgan fingerprint density at radius 3 is 2.78 bits per heavy atom. The van der Waals surface area contributed by atoms with Gasteiger partial charge < -0.3 is 15.1 Å². The van der Waals surface area contributed by atoms with E-state index < -0.39 is 0 Å². The van der Waals surface area contributed by atoms with Gasteiger partial charge in [0.05, 0.1) is 6.04 Å². The maximum atomic E-state index is 5.53. The average Bonchev–Trinajstić information content (AvgIpc) is 2.88. The van der Waals surface area contributed by atoms with Crippen molar-refractivity contribution in [1.82, 2.24) is 15.5 Å². The van der Waals surface area contributed by atoms with Crippen molar-refractivity contribution < 1.29 is 4.42 Å². The SMILES string of the molecule is CNC(C)c1nnc(NCCC2CCCCC2)o1. The van der Waals surface area contributed by atoms with Gasteiger partial charge in [0.25, 0.3) is 0 Å². The van der Waals surface area contributed by atoms with Crippen LogP contribution in [-0.2, 0) is 0 Å². The second kappa shape index (κ2) is 6.73. The maximum absolute atomic E-state index is 5.53. The van der Waals surface area contributed by atoms with Crippen LogP contribution in [0.1, 0.15) is 57.4 Å². The van der Waals surface area contributed by atoms with Gasteiger partial charge in [-0.2, -0.15) is 0 Å². The van der Waals surface area contributed by atoms with Crippen LogP contribution in [0.25, 0.3) is 0 Å². The number of aromatic nitrogens is 2. The molecular formula is C13H24N4O. The molecule has 5 nitrogen and oxygen atoms in total. The standard InChI is InChI=1S/C13H24N4O/c1-10(14-2)12-16-17-13(18-12)15-9-8-11-6-4-3-5-7-11/h10-11,14H,3-9H2,1-2H3,(H,15,17). The molecule has 0 saturated heterocycles. The van der Waals surface area contributed by atoms with Gasteiger partial charge in [0, 0.05) is 6.54 Å². The van der Waals surface area contributed by atoms with Gasteiger partial charge in [0.15, 0.2) is 0 Å². The van der Waals surface area contributed by atoms with Crippen molar-refractivity contribution in [3.05, 3.63) is 5.89 Å². The van der Waals surface area contributed by atoms with E-state index in [1.165, 1.54) is 38.5 Å². The molecule has 2 rings (SSSR count). The van der Waals surface area contributed by atoms with Crippen molar-refractivity contribution in [3.8, 4) is 0 Å².